The van der Waals surface area contributed by atoms with E-state index >= 15 is 0 Å². The van der Waals surface area contributed by atoms with Crippen molar-refractivity contribution in [1.82, 2.24) is 9.21 Å². The molecule has 29 heavy (non-hydrogen) atoms. The summed E-state index contributed by atoms with van der Waals surface area (Å²) in [5.41, 5.74) is 1.75. The van der Waals surface area contributed by atoms with Gasteiger partial charge in [0.05, 0.1) is 10.5 Å². The van der Waals surface area contributed by atoms with Crippen LogP contribution in [0.3, 0.4) is 0 Å². The first-order valence-corrected chi connectivity index (χ1v) is 10.9. The van der Waals surface area contributed by atoms with Crippen molar-refractivity contribution in [3.05, 3.63) is 59.7 Å². The van der Waals surface area contributed by atoms with Gasteiger partial charge in [-0.2, -0.15) is 9.57 Å². The van der Waals surface area contributed by atoms with Crippen molar-refractivity contribution < 1.29 is 13.2 Å². The van der Waals surface area contributed by atoms with E-state index in [4.69, 9.17) is 0 Å². The fraction of sp³-hybridized carbons (Fsp3) is 0.333. The Labute approximate surface area is 171 Å². The summed E-state index contributed by atoms with van der Waals surface area (Å²) in [4.78, 5) is 16.5. The molecule has 0 bridgehead atoms. The van der Waals surface area contributed by atoms with Crippen LogP contribution in [0.5, 0.6) is 0 Å². The number of amides is 1. The Bertz CT molecular complexity index is 1020. The second-order valence-electron chi connectivity index (χ2n) is 6.87. The van der Waals surface area contributed by atoms with Crippen LogP contribution in [0.25, 0.3) is 0 Å². The molecule has 8 heteroatoms. The van der Waals surface area contributed by atoms with Crippen LogP contribution in [-0.4, -0.2) is 63.3 Å². The Morgan fingerprint density at radius 3 is 2.28 bits per heavy atom. The lowest BCUT2D eigenvalue weighted by atomic mass is 10.1. The highest BCUT2D eigenvalue weighted by Crippen LogP contribution is 2.22. The summed E-state index contributed by atoms with van der Waals surface area (Å²) in [7, 11) is -1.78. The summed E-state index contributed by atoms with van der Waals surface area (Å²) < 4.78 is 27.2. The summed E-state index contributed by atoms with van der Waals surface area (Å²) in [6.07, 6.45) is 0. The minimum Gasteiger partial charge on any atom is -0.375 e. The summed E-state index contributed by atoms with van der Waals surface area (Å²) in [6.45, 7) is 3.95. The third-order valence-electron chi connectivity index (χ3n) is 5.18. The van der Waals surface area contributed by atoms with E-state index in [1.807, 2.05) is 25.2 Å². The van der Waals surface area contributed by atoms with Gasteiger partial charge in [0.25, 0.3) is 5.91 Å². The van der Waals surface area contributed by atoms with Gasteiger partial charge >= 0.3 is 0 Å². The highest BCUT2D eigenvalue weighted by Gasteiger charge is 2.31. The molecule has 0 unspecified atom stereocenters. The van der Waals surface area contributed by atoms with Crippen molar-refractivity contribution in [3.63, 3.8) is 0 Å². The largest absolute Gasteiger partial charge is 0.375 e. The molecule has 0 radical (unpaired) electrons. The molecule has 1 amide bonds. The lowest BCUT2D eigenvalue weighted by Crippen LogP contribution is -2.50. The van der Waals surface area contributed by atoms with Gasteiger partial charge in [0.1, 0.15) is 6.07 Å². The van der Waals surface area contributed by atoms with Crippen LogP contribution < -0.4 is 4.90 Å². The van der Waals surface area contributed by atoms with Gasteiger partial charge in [-0.05, 0) is 43.3 Å². The predicted octanol–water partition coefficient (Wildman–Crippen LogP) is 2.16. The van der Waals surface area contributed by atoms with Crippen LogP contribution in [0.4, 0.5) is 5.69 Å². The van der Waals surface area contributed by atoms with Crippen molar-refractivity contribution in [2.24, 2.45) is 0 Å². The number of carbonyl (C=O) groups excluding carboxylic acids is 1. The van der Waals surface area contributed by atoms with Gasteiger partial charge in [-0.25, -0.2) is 8.42 Å². The number of sulfonamides is 1. The molecule has 1 aliphatic rings. The molecular formula is C21H24N4O3S. The number of nitrogens with zero attached hydrogens (tertiary/aromatic N) is 4. The van der Waals surface area contributed by atoms with Gasteiger partial charge in [0, 0.05) is 51.0 Å². The first-order valence-electron chi connectivity index (χ1n) is 9.48. The lowest BCUT2D eigenvalue weighted by molar-refractivity contribution is 0.0698. The van der Waals surface area contributed by atoms with E-state index in [1.54, 1.807) is 29.2 Å². The van der Waals surface area contributed by atoms with E-state index in [0.717, 1.165) is 12.2 Å². The van der Waals surface area contributed by atoms with Crippen LogP contribution in [0, 0.1) is 11.3 Å². The maximum absolute atomic E-state index is 12.9. The van der Waals surface area contributed by atoms with E-state index in [1.165, 1.54) is 16.4 Å². The molecule has 0 N–H and O–H groups in total. The highest BCUT2D eigenvalue weighted by molar-refractivity contribution is 7.89. The van der Waals surface area contributed by atoms with E-state index < -0.39 is 10.0 Å². The average molecular weight is 413 g/mol. The topological polar surface area (TPSA) is 84.7 Å². The summed E-state index contributed by atoms with van der Waals surface area (Å²) >= 11 is 0. The molecule has 1 heterocycles. The average Bonchev–Trinajstić information content (AvgIpc) is 2.78. The molecular weight excluding hydrogens is 388 g/mol. The Hall–Kier alpha value is -2.89. The fourth-order valence-electron chi connectivity index (χ4n) is 3.28. The molecule has 2 aromatic rings. The third-order valence-corrected chi connectivity index (χ3v) is 7.14. The zero-order valence-corrected chi connectivity index (χ0v) is 17.4. The monoisotopic (exact) mass is 412 g/mol. The number of hydrogen-bond acceptors (Lipinski definition) is 5. The minimum absolute atomic E-state index is 0.0120. The van der Waals surface area contributed by atoms with Gasteiger partial charge in [-0.3, -0.25) is 4.79 Å². The number of benzene rings is 2. The second kappa shape index (κ2) is 8.64. The standard InChI is InChI=1S/C21H24N4O3S/c1-3-23(2)19-10-8-17(9-11-19)21(26)24-12-14-25(15-13-24)29(27,28)20-7-5-4-6-18(20)16-22/h4-11H,3,12-15H2,1-2H3. The zero-order valence-electron chi connectivity index (χ0n) is 16.6. The first-order chi connectivity index (χ1) is 13.9. The quantitative estimate of drug-likeness (QED) is 0.751. The van der Waals surface area contributed by atoms with E-state index in [9.17, 15) is 18.5 Å². The van der Waals surface area contributed by atoms with Crippen molar-refractivity contribution in [3.8, 4) is 6.07 Å². The number of nitriles is 1. The van der Waals surface area contributed by atoms with Crippen molar-refractivity contribution in [1.29, 1.82) is 5.26 Å². The van der Waals surface area contributed by atoms with E-state index in [-0.39, 0.29) is 29.5 Å². The molecule has 1 aliphatic heterocycles. The Morgan fingerprint density at radius 2 is 1.69 bits per heavy atom. The van der Waals surface area contributed by atoms with Crippen LogP contribution in [0.1, 0.15) is 22.8 Å². The molecule has 0 aliphatic carbocycles. The molecule has 0 spiro atoms. The highest BCUT2D eigenvalue weighted by atomic mass is 32.2. The van der Waals surface area contributed by atoms with Crippen LogP contribution in [0.2, 0.25) is 0 Å². The molecule has 0 aromatic heterocycles. The molecule has 0 atom stereocenters. The minimum atomic E-state index is -3.77. The zero-order chi connectivity index (χ0) is 21.0. The van der Waals surface area contributed by atoms with E-state index in [2.05, 4.69) is 11.8 Å². The van der Waals surface area contributed by atoms with E-state index in [0.29, 0.717) is 18.7 Å². The molecule has 2 aromatic carbocycles. The van der Waals surface area contributed by atoms with Gasteiger partial charge in [-0.1, -0.05) is 12.1 Å². The van der Waals surface area contributed by atoms with Crippen LogP contribution >= 0.6 is 0 Å². The maximum atomic E-state index is 12.9. The number of carbonyl (C=O) groups is 1. The smallest absolute Gasteiger partial charge is 0.253 e. The number of piperazine rings is 1. The molecule has 1 fully saturated rings. The van der Waals surface area contributed by atoms with Crippen LogP contribution in [-0.2, 0) is 10.0 Å². The van der Waals surface area contributed by atoms with Crippen molar-refractivity contribution in [2.45, 2.75) is 11.8 Å². The molecule has 0 saturated carbocycles. The predicted molar refractivity (Wildman–Crippen MR) is 111 cm³/mol. The molecule has 152 valence electrons. The van der Waals surface area contributed by atoms with Crippen LogP contribution in [0.15, 0.2) is 53.4 Å². The summed E-state index contributed by atoms with van der Waals surface area (Å²) in [6, 6.07) is 15.5. The summed E-state index contributed by atoms with van der Waals surface area (Å²) in [5, 5.41) is 9.20. The Kier molecular flexibility index (Phi) is 6.20. The Morgan fingerprint density at radius 1 is 1.07 bits per heavy atom. The first kappa shape index (κ1) is 20.8. The number of anilines is 1. The lowest BCUT2D eigenvalue weighted by Gasteiger charge is -2.34. The van der Waals surface area contributed by atoms with Gasteiger partial charge in [0.2, 0.25) is 10.0 Å². The van der Waals surface area contributed by atoms with Crippen molar-refractivity contribution in [2.75, 3.05) is 44.7 Å². The van der Waals surface area contributed by atoms with Crippen molar-refractivity contribution >= 4 is 21.6 Å². The Balaban J connectivity index is 1.68. The van der Waals surface area contributed by atoms with Gasteiger partial charge in [0.15, 0.2) is 0 Å². The second-order valence-corrected chi connectivity index (χ2v) is 8.77. The summed E-state index contributed by atoms with van der Waals surface area (Å²) in [5.74, 6) is -0.106. The number of rotatable bonds is 5. The molecule has 3 rings (SSSR count). The SMILES string of the molecule is CCN(C)c1ccc(C(=O)N2CCN(S(=O)(=O)c3ccccc3C#N)CC2)cc1. The maximum Gasteiger partial charge on any atom is 0.253 e. The molecule has 1 saturated heterocycles. The normalized spacial score (nSPS) is 15.0. The third kappa shape index (κ3) is 4.26. The van der Waals surface area contributed by atoms with Gasteiger partial charge in [-0.15, -0.1) is 0 Å². The van der Waals surface area contributed by atoms with Gasteiger partial charge < -0.3 is 9.80 Å². The number of hydrogen-bond donors (Lipinski definition) is 0. The molecule has 7 nitrogen and oxygen atoms in total. The fourth-order valence-corrected chi connectivity index (χ4v) is 4.84.